The van der Waals surface area contributed by atoms with Crippen molar-refractivity contribution in [3.63, 3.8) is 0 Å². The van der Waals surface area contributed by atoms with Gasteiger partial charge in [0.1, 0.15) is 5.56 Å². The number of carbonyl (C=O) groups is 2. The first-order chi connectivity index (χ1) is 14.2. The quantitative estimate of drug-likeness (QED) is 0.463. The lowest BCUT2D eigenvalue weighted by Crippen LogP contribution is -2.56. The third kappa shape index (κ3) is 4.26. The van der Waals surface area contributed by atoms with Crippen molar-refractivity contribution in [1.29, 1.82) is 0 Å². The number of aromatic nitrogens is 4. The van der Waals surface area contributed by atoms with E-state index in [1.54, 1.807) is 20.3 Å². The third-order valence-electron chi connectivity index (χ3n) is 4.84. The molecule has 10 nitrogen and oxygen atoms in total. The molecular formula is C19H23N8O2S+. The molecule has 1 aromatic carbocycles. The van der Waals surface area contributed by atoms with Crippen LogP contribution in [0.1, 0.15) is 23.7 Å². The molecule has 0 radical (unpaired) electrons. The van der Waals surface area contributed by atoms with Gasteiger partial charge in [0.25, 0.3) is 11.8 Å². The summed E-state index contributed by atoms with van der Waals surface area (Å²) < 4.78 is 3.90. The van der Waals surface area contributed by atoms with E-state index in [9.17, 15) is 9.59 Å². The van der Waals surface area contributed by atoms with Gasteiger partial charge in [0.2, 0.25) is 0 Å². The van der Waals surface area contributed by atoms with Crippen molar-refractivity contribution in [2.45, 2.75) is 19.4 Å². The van der Waals surface area contributed by atoms with Gasteiger partial charge in [-0.25, -0.2) is 0 Å². The highest BCUT2D eigenvalue weighted by molar-refractivity contribution is 7.09. The van der Waals surface area contributed by atoms with Gasteiger partial charge in [-0.3, -0.25) is 14.1 Å². The molecular weight excluding hydrogens is 404 g/mol. The Morgan fingerprint density at radius 1 is 1.17 bits per heavy atom. The monoisotopic (exact) mass is 427 g/mol. The van der Waals surface area contributed by atoms with E-state index in [0.29, 0.717) is 18.1 Å². The Morgan fingerprint density at radius 3 is 2.40 bits per heavy atom. The maximum Gasteiger partial charge on any atom is 0.331 e. The second-order valence-electron chi connectivity index (χ2n) is 7.15. The molecule has 0 fully saturated rings. The lowest BCUT2D eigenvalue weighted by atomic mass is 10.1. The average Bonchev–Trinajstić information content (AvgIpc) is 3.23. The molecule has 156 valence electrons. The fourth-order valence-electron chi connectivity index (χ4n) is 3.19. The maximum absolute atomic E-state index is 11.9. The predicted octanol–water partition coefficient (Wildman–Crippen LogP) is 1.67. The van der Waals surface area contributed by atoms with E-state index in [1.165, 1.54) is 17.7 Å². The molecule has 0 aliphatic rings. The minimum absolute atomic E-state index is 0.0386. The summed E-state index contributed by atoms with van der Waals surface area (Å²) in [5.74, 6) is -0.526. The molecule has 30 heavy (non-hydrogen) atoms. The number of carbonyl (C=O) groups excluding carboxylic acids is 2. The molecule has 0 saturated carbocycles. The molecule has 2 amide bonds. The van der Waals surface area contributed by atoms with Crippen LogP contribution in [0.2, 0.25) is 0 Å². The number of primary amides is 2. The molecule has 1 unspecified atom stereocenters. The first kappa shape index (κ1) is 21.3. The van der Waals surface area contributed by atoms with Crippen molar-refractivity contribution in [3.8, 4) is 10.4 Å². The average molecular weight is 428 g/mol. The summed E-state index contributed by atoms with van der Waals surface area (Å²) in [6.07, 6.45) is 3.57. The molecule has 0 bridgehead atoms. The minimum atomic E-state index is -0.663. The molecule has 3 aromatic rings. The molecule has 0 saturated heterocycles. The first-order valence-electron chi connectivity index (χ1n) is 9.19. The van der Waals surface area contributed by atoms with Crippen molar-refractivity contribution >= 4 is 40.8 Å². The second-order valence-corrected chi connectivity index (χ2v) is 7.93. The normalized spacial score (nSPS) is 12.4. The van der Waals surface area contributed by atoms with Gasteiger partial charge in [0.05, 0.1) is 31.4 Å². The zero-order valence-electron chi connectivity index (χ0n) is 16.9. The fourth-order valence-corrected chi connectivity index (χ4v) is 3.71. The smallest absolute Gasteiger partial charge is 0.331 e. The standard InChI is InChI=1S/C19H22N8O2S/c1-4-14(17(21)29)27(2,3)19-22-9-13(16(20)28)18(25-19)24-12-7-5-11(6-8-12)15-10-23-26-30-15/h5-10,14H,4H2,1-3H3,(H4-,20,21,22,24,25,26,28,29)/p+1. The molecule has 2 heterocycles. The summed E-state index contributed by atoms with van der Waals surface area (Å²) in [5.41, 5.74) is 12.9. The molecule has 1 atom stereocenters. The predicted molar refractivity (Wildman–Crippen MR) is 116 cm³/mol. The molecule has 0 aliphatic carbocycles. The Hall–Kier alpha value is -3.44. The van der Waals surface area contributed by atoms with Crippen LogP contribution in [-0.4, -0.2) is 51.5 Å². The zero-order valence-corrected chi connectivity index (χ0v) is 17.7. The Bertz CT molecular complexity index is 1050. The Morgan fingerprint density at radius 2 is 1.87 bits per heavy atom. The number of nitrogens with one attached hydrogen (secondary N) is 1. The van der Waals surface area contributed by atoms with Crippen LogP contribution in [0.4, 0.5) is 17.5 Å². The van der Waals surface area contributed by atoms with Crippen LogP contribution in [0, 0.1) is 0 Å². The second kappa shape index (κ2) is 8.51. The van der Waals surface area contributed by atoms with Crippen molar-refractivity contribution < 1.29 is 9.59 Å². The zero-order chi connectivity index (χ0) is 21.9. The van der Waals surface area contributed by atoms with Gasteiger partial charge in [0, 0.05) is 12.1 Å². The largest absolute Gasteiger partial charge is 0.365 e. The van der Waals surface area contributed by atoms with E-state index in [0.717, 1.165) is 10.4 Å². The highest BCUT2D eigenvalue weighted by atomic mass is 32.1. The summed E-state index contributed by atoms with van der Waals surface area (Å²) in [5, 5.41) is 6.95. The highest BCUT2D eigenvalue weighted by Gasteiger charge is 2.37. The maximum atomic E-state index is 11.9. The van der Waals surface area contributed by atoms with Crippen molar-refractivity contribution in [2.75, 3.05) is 19.4 Å². The highest BCUT2D eigenvalue weighted by Crippen LogP contribution is 2.27. The van der Waals surface area contributed by atoms with Crippen LogP contribution in [0.15, 0.2) is 36.7 Å². The number of nitrogens with two attached hydrogens (primary N) is 2. The van der Waals surface area contributed by atoms with Crippen LogP contribution < -0.4 is 21.3 Å². The molecule has 11 heteroatoms. The van der Waals surface area contributed by atoms with E-state index in [4.69, 9.17) is 11.5 Å². The first-order valence-corrected chi connectivity index (χ1v) is 9.96. The molecule has 3 rings (SSSR count). The summed E-state index contributed by atoms with van der Waals surface area (Å²) in [4.78, 5) is 33.5. The lowest BCUT2D eigenvalue weighted by Gasteiger charge is -2.32. The summed E-state index contributed by atoms with van der Waals surface area (Å²) in [6, 6.07) is 6.98. The van der Waals surface area contributed by atoms with Crippen LogP contribution in [0.25, 0.3) is 10.4 Å². The van der Waals surface area contributed by atoms with Gasteiger partial charge in [-0.15, -0.1) is 5.10 Å². The number of hydrogen-bond donors (Lipinski definition) is 3. The summed E-state index contributed by atoms with van der Waals surface area (Å²) in [6.45, 7) is 1.87. The van der Waals surface area contributed by atoms with Gasteiger partial charge in [-0.2, -0.15) is 9.97 Å². The number of benzene rings is 1. The number of quaternary nitrogens is 1. The Labute approximate surface area is 177 Å². The van der Waals surface area contributed by atoms with E-state index < -0.39 is 17.9 Å². The number of anilines is 2. The topological polar surface area (TPSA) is 150 Å². The summed E-state index contributed by atoms with van der Waals surface area (Å²) in [7, 11) is 3.58. The van der Waals surface area contributed by atoms with E-state index in [1.807, 2.05) is 31.2 Å². The van der Waals surface area contributed by atoms with Crippen LogP contribution in [0.3, 0.4) is 0 Å². The Kier molecular flexibility index (Phi) is 6.04. The van der Waals surface area contributed by atoms with Crippen molar-refractivity contribution in [2.24, 2.45) is 11.5 Å². The Balaban J connectivity index is 1.96. The fraction of sp³-hybridized carbons (Fsp3) is 0.263. The number of amides is 2. The van der Waals surface area contributed by atoms with Crippen LogP contribution in [-0.2, 0) is 4.79 Å². The van der Waals surface area contributed by atoms with Crippen molar-refractivity contribution in [3.05, 3.63) is 42.2 Å². The van der Waals surface area contributed by atoms with Gasteiger partial charge < -0.3 is 16.8 Å². The molecule has 5 N–H and O–H groups in total. The third-order valence-corrected chi connectivity index (χ3v) is 5.56. The van der Waals surface area contributed by atoms with Gasteiger partial charge in [0.15, 0.2) is 11.9 Å². The van der Waals surface area contributed by atoms with Gasteiger partial charge in [-0.1, -0.05) is 23.5 Å². The van der Waals surface area contributed by atoms with Crippen LogP contribution in [0.5, 0.6) is 0 Å². The number of hydrogen-bond acceptors (Lipinski definition) is 8. The molecule has 0 aliphatic heterocycles. The number of likely N-dealkylation sites (N-methyl/N-ethyl adjacent to an activating group) is 1. The lowest BCUT2D eigenvalue weighted by molar-refractivity contribution is -0.122. The van der Waals surface area contributed by atoms with E-state index in [-0.39, 0.29) is 15.9 Å². The van der Waals surface area contributed by atoms with Gasteiger partial charge in [-0.05, 0) is 29.2 Å². The van der Waals surface area contributed by atoms with E-state index >= 15 is 0 Å². The number of rotatable bonds is 8. The van der Waals surface area contributed by atoms with Crippen LogP contribution >= 0.6 is 11.5 Å². The SMILES string of the molecule is CCC(C(N)=O)[N+](C)(C)c1ncc(C(N)=O)c(Nc2ccc(-c3cnns3)cc2)n1. The van der Waals surface area contributed by atoms with Gasteiger partial charge >= 0.3 is 5.95 Å². The molecule has 2 aromatic heterocycles. The number of nitrogens with zero attached hydrogens (tertiary/aromatic N) is 5. The van der Waals surface area contributed by atoms with E-state index in [2.05, 4.69) is 24.9 Å². The minimum Gasteiger partial charge on any atom is -0.365 e. The van der Waals surface area contributed by atoms with Crippen molar-refractivity contribution in [1.82, 2.24) is 24.0 Å². The molecule has 0 spiro atoms. The summed E-state index contributed by atoms with van der Waals surface area (Å²) >= 11 is 1.30.